The summed E-state index contributed by atoms with van der Waals surface area (Å²) in [5.41, 5.74) is 0. The second-order valence-corrected chi connectivity index (χ2v) is 3.10. The lowest BCUT2D eigenvalue weighted by Crippen LogP contribution is -2.08. The molecule has 0 radical (unpaired) electrons. The van der Waals surface area contributed by atoms with E-state index in [1.807, 2.05) is 13.0 Å². The Morgan fingerprint density at radius 3 is 2.82 bits per heavy atom. The maximum Gasteiger partial charge on any atom is 0.107 e. The quantitative estimate of drug-likeness (QED) is 0.492. The van der Waals surface area contributed by atoms with Crippen LogP contribution in [0.5, 0.6) is 0 Å². The summed E-state index contributed by atoms with van der Waals surface area (Å²) in [5.74, 6) is 0.545. The van der Waals surface area contributed by atoms with Crippen molar-refractivity contribution in [3.05, 3.63) is 12.2 Å². The number of allylic oxidation sites excluding steroid dienone is 2. The van der Waals surface area contributed by atoms with Gasteiger partial charge >= 0.3 is 0 Å². The first-order valence-corrected chi connectivity index (χ1v) is 4.17. The number of aliphatic hydroxyl groups excluding tert-OH is 1. The fourth-order valence-corrected chi connectivity index (χ4v) is 1.29. The van der Waals surface area contributed by atoms with Gasteiger partial charge in [-0.25, -0.2) is 0 Å². The van der Waals surface area contributed by atoms with Gasteiger partial charge in [0.25, 0.3) is 0 Å². The van der Waals surface area contributed by atoms with Crippen LogP contribution in [0.3, 0.4) is 0 Å². The van der Waals surface area contributed by atoms with Gasteiger partial charge in [0, 0.05) is 0 Å². The van der Waals surface area contributed by atoms with E-state index in [4.69, 9.17) is 9.84 Å². The fourth-order valence-electron chi connectivity index (χ4n) is 1.29. The summed E-state index contributed by atoms with van der Waals surface area (Å²) in [6.07, 6.45) is 5.66. The van der Waals surface area contributed by atoms with E-state index in [1.54, 1.807) is 0 Å². The zero-order valence-corrected chi connectivity index (χ0v) is 7.16. The largest absolute Gasteiger partial charge is 0.394 e. The van der Waals surface area contributed by atoms with Crippen LogP contribution in [0.15, 0.2) is 12.2 Å². The molecular weight excluding hydrogens is 140 g/mol. The highest BCUT2D eigenvalue weighted by Crippen LogP contribution is 2.30. The highest BCUT2D eigenvalue weighted by Gasteiger charge is 2.41. The first kappa shape index (κ1) is 8.75. The minimum atomic E-state index is 0.121. The third-order valence-corrected chi connectivity index (χ3v) is 2.11. The predicted molar refractivity (Wildman–Crippen MR) is 44.3 cm³/mol. The molecule has 0 aliphatic carbocycles. The molecule has 1 rings (SSSR count). The Bertz CT molecular complexity index is 142. The molecule has 11 heavy (non-hydrogen) atoms. The number of aliphatic hydroxyl groups is 1. The van der Waals surface area contributed by atoms with Crippen LogP contribution in [0.4, 0.5) is 0 Å². The first-order valence-electron chi connectivity index (χ1n) is 4.17. The molecule has 0 aromatic heterocycles. The molecule has 64 valence electrons. The van der Waals surface area contributed by atoms with Crippen molar-refractivity contribution in [2.24, 2.45) is 5.92 Å². The summed E-state index contributed by atoms with van der Waals surface area (Å²) in [7, 11) is 0. The van der Waals surface area contributed by atoms with Crippen molar-refractivity contribution in [2.75, 3.05) is 6.61 Å². The molecule has 0 spiro atoms. The summed E-state index contributed by atoms with van der Waals surface area (Å²) in [4.78, 5) is 0. The zero-order valence-electron chi connectivity index (χ0n) is 7.16. The smallest absolute Gasteiger partial charge is 0.107 e. The maximum atomic E-state index is 8.71. The van der Waals surface area contributed by atoms with Crippen molar-refractivity contribution in [2.45, 2.75) is 32.5 Å². The van der Waals surface area contributed by atoms with Crippen LogP contribution in [0.2, 0.25) is 0 Å². The summed E-state index contributed by atoms with van der Waals surface area (Å²) in [6, 6.07) is 0. The number of hydrogen-bond donors (Lipinski definition) is 1. The van der Waals surface area contributed by atoms with Gasteiger partial charge in [0.2, 0.25) is 0 Å². The van der Waals surface area contributed by atoms with E-state index < -0.39 is 0 Å². The van der Waals surface area contributed by atoms with Gasteiger partial charge in [0.05, 0.1) is 12.7 Å². The van der Waals surface area contributed by atoms with E-state index in [0.29, 0.717) is 12.0 Å². The lowest BCUT2D eigenvalue weighted by atomic mass is 10.0. The Morgan fingerprint density at radius 2 is 2.36 bits per heavy atom. The van der Waals surface area contributed by atoms with E-state index in [1.165, 1.54) is 0 Å². The monoisotopic (exact) mass is 156 g/mol. The van der Waals surface area contributed by atoms with Gasteiger partial charge < -0.3 is 9.84 Å². The zero-order chi connectivity index (χ0) is 8.27. The van der Waals surface area contributed by atoms with Crippen LogP contribution in [0.25, 0.3) is 0 Å². The van der Waals surface area contributed by atoms with Gasteiger partial charge in [-0.15, -0.1) is 0 Å². The van der Waals surface area contributed by atoms with E-state index in [9.17, 15) is 0 Å². The van der Waals surface area contributed by atoms with E-state index >= 15 is 0 Å². The lowest BCUT2D eigenvalue weighted by molar-refractivity contribution is 0.239. The van der Waals surface area contributed by atoms with Gasteiger partial charge in [0.15, 0.2) is 0 Å². The molecule has 0 saturated carbocycles. The van der Waals surface area contributed by atoms with Crippen molar-refractivity contribution in [3.8, 4) is 0 Å². The number of hydrogen-bond acceptors (Lipinski definition) is 2. The van der Waals surface area contributed by atoms with Crippen molar-refractivity contribution in [1.82, 2.24) is 0 Å². The molecule has 1 saturated heterocycles. The van der Waals surface area contributed by atoms with Crippen molar-refractivity contribution < 1.29 is 9.84 Å². The van der Waals surface area contributed by atoms with Crippen LogP contribution < -0.4 is 0 Å². The molecule has 2 heteroatoms. The Labute approximate surface area is 67.9 Å². The average Bonchev–Trinajstić information content (AvgIpc) is 2.78. The van der Waals surface area contributed by atoms with E-state index in [2.05, 4.69) is 13.0 Å². The predicted octanol–water partition coefficient (Wildman–Crippen LogP) is 1.35. The first-order chi connectivity index (χ1) is 5.29. The average molecular weight is 156 g/mol. The van der Waals surface area contributed by atoms with Crippen molar-refractivity contribution in [3.63, 3.8) is 0 Å². The molecule has 3 atom stereocenters. The van der Waals surface area contributed by atoms with Crippen LogP contribution in [0, 0.1) is 5.92 Å². The minimum absolute atomic E-state index is 0.121. The fraction of sp³-hybridized carbons (Fsp3) is 0.778. The van der Waals surface area contributed by atoms with Gasteiger partial charge in [-0.1, -0.05) is 19.1 Å². The Hall–Kier alpha value is -0.340. The highest BCUT2D eigenvalue weighted by molar-refractivity contribution is 4.92. The van der Waals surface area contributed by atoms with E-state index in [-0.39, 0.29) is 12.7 Å². The molecular formula is C9H16O2. The third-order valence-electron chi connectivity index (χ3n) is 2.11. The minimum Gasteiger partial charge on any atom is -0.394 e. The van der Waals surface area contributed by atoms with Crippen LogP contribution >= 0.6 is 0 Å². The van der Waals surface area contributed by atoms with Crippen molar-refractivity contribution in [1.29, 1.82) is 0 Å². The second-order valence-electron chi connectivity index (χ2n) is 3.10. The molecule has 1 fully saturated rings. The van der Waals surface area contributed by atoms with Gasteiger partial charge in [-0.2, -0.15) is 0 Å². The molecule has 0 bridgehead atoms. The Balaban J connectivity index is 2.17. The highest BCUT2D eigenvalue weighted by atomic mass is 16.6. The number of epoxide rings is 1. The lowest BCUT2D eigenvalue weighted by Gasteiger charge is -2.02. The van der Waals surface area contributed by atoms with E-state index in [0.717, 1.165) is 6.42 Å². The Morgan fingerprint density at radius 1 is 1.64 bits per heavy atom. The standard InChI is InChI=1S/C9H16O2/c1-3-4-5-7(2)9-8(6-10)11-9/h3-4,7-10H,5-6H2,1-2H3. The summed E-state index contributed by atoms with van der Waals surface area (Å²) >= 11 is 0. The third kappa shape index (κ3) is 2.31. The normalized spacial score (nSPS) is 32.6. The second kappa shape index (κ2) is 3.88. The molecule has 1 N–H and O–H groups in total. The molecule has 1 aliphatic heterocycles. The van der Waals surface area contributed by atoms with Gasteiger partial charge in [-0.3, -0.25) is 0 Å². The Kier molecular flexibility index (Phi) is 3.09. The maximum absolute atomic E-state index is 8.71. The SMILES string of the molecule is CC=CCC(C)C1OC1CO. The number of ether oxygens (including phenoxy) is 1. The van der Waals surface area contributed by atoms with Crippen LogP contribution in [-0.4, -0.2) is 23.9 Å². The summed E-state index contributed by atoms with van der Waals surface area (Å²) in [6.45, 7) is 4.34. The molecule has 3 unspecified atom stereocenters. The topological polar surface area (TPSA) is 32.8 Å². The summed E-state index contributed by atoms with van der Waals surface area (Å²) in [5, 5.41) is 8.71. The molecule has 2 nitrogen and oxygen atoms in total. The molecule has 1 heterocycles. The van der Waals surface area contributed by atoms with Crippen LogP contribution in [0.1, 0.15) is 20.3 Å². The molecule has 0 aromatic carbocycles. The van der Waals surface area contributed by atoms with Gasteiger partial charge in [0.1, 0.15) is 6.10 Å². The van der Waals surface area contributed by atoms with Gasteiger partial charge in [-0.05, 0) is 19.3 Å². The van der Waals surface area contributed by atoms with Crippen LogP contribution in [-0.2, 0) is 4.74 Å². The number of rotatable bonds is 4. The van der Waals surface area contributed by atoms with Crippen molar-refractivity contribution >= 4 is 0 Å². The molecule has 1 aliphatic rings. The molecule has 0 aromatic rings. The molecule has 0 amide bonds. The summed E-state index contributed by atoms with van der Waals surface area (Å²) < 4.78 is 5.24.